The number of rotatable bonds is 5. The summed E-state index contributed by atoms with van der Waals surface area (Å²) >= 11 is 0. The van der Waals surface area contributed by atoms with Crippen LogP contribution in [-0.2, 0) is 0 Å². The quantitative estimate of drug-likeness (QED) is 0.868. The molecule has 1 heterocycles. The van der Waals surface area contributed by atoms with Gasteiger partial charge in [-0.25, -0.2) is 0 Å². The molecule has 18 heavy (non-hydrogen) atoms. The molecule has 0 saturated carbocycles. The summed E-state index contributed by atoms with van der Waals surface area (Å²) in [5.41, 5.74) is 2.49. The molecule has 1 fully saturated rings. The van der Waals surface area contributed by atoms with Gasteiger partial charge in [0.25, 0.3) is 0 Å². The third-order valence-corrected chi connectivity index (χ3v) is 3.90. The second-order valence-corrected chi connectivity index (χ2v) is 5.06. The van der Waals surface area contributed by atoms with E-state index in [0.29, 0.717) is 12.6 Å². The van der Waals surface area contributed by atoms with Gasteiger partial charge >= 0.3 is 0 Å². The molecular weight excluding hydrogens is 226 g/mol. The molecule has 0 aromatic heterocycles. The summed E-state index contributed by atoms with van der Waals surface area (Å²) in [6.45, 7) is 7.14. The summed E-state index contributed by atoms with van der Waals surface area (Å²) in [5, 5.41) is 9.25. The highest BCUT2D eigenvalue weighted by Crippen LogP contribution is 2.21. The van der Waals surface area contributed by atoms with Gasteiger partial charge in [-0.2, -0.15) is 0 Å². The van der Waals surface area contributed by atoms with Gasteiger partial charge in [-0.05, 0) is 50.4 Å². The standard InChI is InChI=1S/C15H23NO2/c1-12-5-3-7-15(13(12)2)18-10-9-16-8-4-6-14(16)11-17/h3,5,7,14,17H,4,6,8-11H2,1-2H3. The number of hydrogen-bond donors (Lipinski definition) is 1. The Labute approximate surface area is 109 Å². The third kappa shape index (κ3) is 3.03. The van der Waals surface area contributed by atoms with E-state index in [1.54, 1.807) is 0 Å². The fourth-order valence-corrected chi connectivity index (χ4v) is 2.55. The van der Waals surface area contributed by atoms with Crippen molar-refractivity contribution in [2.45, 2.75) is 32.7 Å². The number of nitrogens with zero attached hydrogens (tertiary/aromatic N) is 1. The maximum atomic E-state index is 9.25. The molecule has 0 aliphatic carbocycles. The second-order valence-electron chi connectivity index (χ2n) is 5.06. The van der Waals surface area contributed by atoms with Gasteiger partial charge in [0.05, 0.1) is 6.61 Å². The second kappa shape index (κ2) is 6.21. The largest absolute Gasteiger partial charge is 0.492 e. The van der Waals surface area contributed by atoms with Gasteiger partial charge in [-0.3, -0.25) is 4.90 Å². The van der Waals surface area contributed by atoms with E-state index in [2.05, 4.69) is 24.8 Å². The Morgan fingerprint density at radius 1 is 1.39 bits per heavy atom. The molecule has 1 aliphatic rings. The fraction of sp³-hybridized carbons (Fsp3) is 0.600. The lowest BCUT2D eigenvalue weighted by molar-refractivity contribution is 0.139. The van der Waals surface area contributed by atoms with Crippen LogP contribution in [0.5, 0.6) is 5.75 Å². The van der Waals surface area contributed by atoms with E-state index in [0.717, 1.165) is 25.3 Å². The molecule has 3 heteroatoms. The van der Waals surface area contributed by atoms with Crippen molar-refractivity contribution in [1.82, 2.24) is 4.90 Å². The Balaban J connectivity index is 1.83. The minimum absolute atomic E-state index is 0.267. The lowest BCUT2D eigenvalue weighted by Crippen LogP contribution is -2.35. The van der Waals surface area contributed by atoms with Crippen molar-refractivity contribution in [3.63, 3.8) is 0 Å². The molecule has 1 saturated heterocycles. The van der Waals surface area contributed by atoms with Crippen molar-refractivity contribution < 1.29 is 9.84 Å². The average Bonchev–Trinajstić information content (AvgIpc) is 2.82. The summed E-state index contributed by atoms with van der Waals surface area (Å²) in [6, 6.07) is 6.50. The first-order valence-corrected chi connectivity index (χ1v) is 6.76. The van der Waals surface area contributed by atoms with Gasteiger partial charge in [0, 0.05) is 12.6 Å². The van der Waals surface area contributed by atoms with Crippen LogP contribution < -0.4 is 4.74 Å². The van der Waals surface area contributed by atoms with Crippen LogP contribution in [0, 0.1) is 13.8 Å². The van der Waals surface area contributed by atoms with Gasteiger partial charge in [0.1, 0.15) is 12.4 Å². The van der Waals surface area contributed by atoms with Crippen LogP contribution in [0.25, 0.3) is 0 Å². The number of aryl methyl sites for hydroxylation is 1. The highest BCUT2D eigenvalue weighted by molar-refractivity contribution is 5.38. The fourth-order valence-electron chi connectivity index (χ4n) is 2.55. The van der Waals surface area contributed by atoms with Crippen LogP contribution >= 0.6 is 0 Å². The highest BCUT2D eigenvalue weighted by Gasteiger charge is 2.23. The highest BCUT2D eigenvalue weighted by atomic mass is 16.5. The Kier molecular flexibility index (Phi) is 4.61. The predicted octanol–water partition coefficient (Wildman–Crippen LogP) is 2.14. The predicted molar refractivity (Wildman–Crippen MR) is 73.1 cm³/mol. The minimum atomic E-state index is 0.267. The van der Waals surface area contributed by atoms with Crippen LogP contribution in [-0.4, -0.2) is 42.4 Å². The first-order chi connectivity index (χ1) is 8.72. The first kappa shape index (κ1) is 13.4. The summed E-state index contributed by atoms with van der Waals surface area (Å²) in [5.74, 6) is 0.981. The lowest BCUT2D eigenvalue weighted by atomic mass is 10.1. The maximum Gasteiger partial charge on any atom is 0.122 e. The molecule has 0 amide bonds. The number of aliphatic hydroxyl groups is 1. The van der Waals surface area contributed by atoms with E-state index in [1.165, 1.54) is 17.5 Å². The van der Waals surface area contributed by atoms with Gasteiger partial charge in [-0.1, -0.05) is 12.1 Å². The number of aliphatic hydroxyl groups excluding tert-OH is 1. The monoisotopic (exact) mass is 249 g/mol. The van der Waals surface area contributed by atoms with Crippen LogP contribution in [0.15, 0.2) is 18.2 Å². The Morgan fingerprint density at radius 2 is 2.22 bits per heavy atom. The Bertz CT molecular complexity index is 392. The zero-order valence-electron chi connectivity index (χ0n) is 11.4. The van der Waals surface area contributed by atoms with Crippen LogP contribution in [0.3, 0.4) is 0 Å². The van der Waals surface area contributed by atoms with E-state index < -0.39 is 0 Å². The van der Waals surface area contributed by atoms with Crippen LogP contribution in [0.2, 0.25) is 0 Å². The zero-order chi connectivity index (χ0) is 13.0. The topological polar surface area (TPSA) is 32.7 Å². The van der Waals surface area contributed by atoms with Crippen LogP contribution in [0.1, 0.15) is 24.0 Å². The van der Waals surface area contributed by atoms with E-state index in [4.69, 9.17) is 4.74 Å². The Morgan fingerprint density at radius 3 is 3.00 bits per heavy atom. The van der Waals surface area contributed by atoms with Gasteiger partial charge in [-0.15, -0.1) is 0 Å². The van der Waals surface area contributed by atoms with E-state index in [-0.39, 0.29) is 6.61 Å². The van der Waals surface area contributed by atoms with Crippen molar-refractivity contribution in [2.24, 2.45) is 0 Å². The zero-order valence-corrected chi connectivity index (χ0v) is 11.4. The summed E-state index contributed by atoms with van der Waals surface area (Å²) < 4.78 is 5.85. The molecule has 3 nitrogen and oxygen atoms in total. The minimum Gasteiger partial charge on any atom is -0.492 e. The molecule has 0 radical (unpaired) electrons. The SMILES string of the molecule is Cc1cccc(OCCN2CCCC2CO)c1C. The number of hydrogen-bond acceptors (Lipinski definition) is 3. The molecule has 2 rings (SSSR count). The number of ether oxygens (including phenoxy) is 1. The molecular formula is C15H23NO2. The van der Waals surface area contributed by atoms with E-state index in [9.17, 15) is 5.11 Å². The molecule has 0 spiro atoms. The third-order valence-electron chi connectivity index (χ3n) is 3.90. The van der Waals surface area contributed by atoms with E-state index >= 15 is 0 Å². The lowest BCUT2D eigenvalue weighted by Gasteiger charge is -2.22. The average molecular weight is 249 g/mol. The van der Waals surface area contributed by atoms with Crippen molar-refractivity contribution >= 4 is 0 Å². The smallest absolute Gasteiger partial charge is 0.122 e. The summed E-state index contributed by atoms with van der Waals surface area (Å²) in [7, 11) is 0. The number of benzene rings is 1. The summed E-state index contributed by atoms with van der Waals surface area (Å²) in [6.07, 6.45) is 2.30. The molecule has 1 unspecified atom stereocenters. The molecule has 1 atom stereocenters. The molecule has 1 N–H and O–H groups in total. The Hall–Kier alpha value is -1.06. The molecule has 1 aromatic rings. The number of likely N-dealkylation sites (tertiary alicyclic amines) is 1. The molecule has 1 aliphatic heterocycles. The maximum absolute atomic E-state index is 9.25. The normalized spacial score (nSPS) is 20.3. The molecule has 100 valence electrons. The van der Waals surface area contributed by atoms with Gasteiger partial charge < -0.3 is 9.84 Å². The van der Waals surface area contributed by atoms with E-state index in [1.807, 2.05) is 12.1 Å². The van der Waals surface area contributed by atoms with Gasteiger partial charge in [0.15, 0.2) is 0 Å². The molecule has 0 bridgehead atoms. The van der Waals surface area contributed by atoms with Crippen molar-refractivity contribution in [3.8, 4) is 5.75 Å². The van der Waals surface area contributed by atoms with Crippen molar-refractivity contribution in [2.75, 3.05) is 26.3 Å². The van der Waals surface area contributed by atoms with Crippen LogP contribution in [0.4, 0.5) is 0 Å². The van der Waals surface area contributed by atoms with Crippen molar-refractivity contribution in [1.29, 1.82) is 0 Å². The first-order valence-electron chi connectivity index (χ1n) is 6.76. The van der Waals surface area contributed by atoms with Crippen molar-refractivity contribution in [3.05, 3.63) is 29.3 Å². The summed E-state index contributed by atoms with van der Waals surface area (Å²) in [4.78, 5) is 2.32. The van der Waals surface area contributed by atoms with Gasteiger partial charge in [0.2, 0.25) is 0 Å². The molecule has 1 aromatic carbocycles.